The van der Waals surface area contributed by atoms with E-state index in [0.717, 1.165) is 22.1 Å². The van der Waals surface area contributed by atoms with Gasteiger partial charge in [0, 0.05) is 17.0 Å². The van der Waals surface area contributed by atoms with Crippen LogP contribution in [0.15, 0.2) is 51.6 Å². The fraction of sp³-hybridized carbons (Fsp3) is 0.227. The Hall–Kier alpha value is -3.81. The van der Waals surface area contributed by atoms with Gasteiger partial charge in [0.15, 0.2) is 6.61 Å². The Bertz CT molecular complexity index is 1190. The number of rotatable bonds is 7. The van der Waals surface area contributed by atoms with E-state index in [1.165, 1.54) is 0 Å². The monoisotopic (exact) mass is 408 g/mol. The van der Waals surface area contributed by atoms with Crippen LogP contribution in [-0.2, 0) is 22.6 Å². The van der Waals surface area contributed by atoms with Crippen LogP contribution in [0.25, 0.3) is 22.4 Å². The molecule has 0 unspecified atom stereocenters. The number of hydrogen-bond acceptors (Lipinski definition) is 8. The molecular formula is C22H20N2O6. The molecule has 0 N–H and O–H groups in total. The van der Waals surface area contributed by atoms with Crippen LogP contribution in [0, 0.1) is 6.92 Å². The number of ether oxygens (including phenoxy) is 3. The second-order valence-corrected chi connectivity index (χ2v) is 6.68. The van der Waals surface area contributed by atoms with Crippen molar-refractivity contribution in [2.75, 3.05) is 14.2 Å². The first-order chi connectivity index (χ1) is 14.6. The second kappa shape index (κ2) is 8.28. The van der Waals surface area contributed by atoms with E-state index < -0.39 is 5.97 Å². The van der Waals surface area contributed by atoms with Crippen molar-refractivity contribution in [3.05, 3.63) is 59.7 Å². The van der Waals surface area contributed by atoms with Gasteiger partial charge in [-0.05, 0) is 30.7 Å². The Labute approximate surface area is 172 Å². The number of benzene rings is 2. The van der Waals surface area contributed by atoms with Gasteiger partial charge >= 0.3 is 5.97 Å². The van der Waals surface area contributed by atoms with E-state index in [2.05, 4.69) is 10.1 Å². The van der Waals surface area contributed by atoms with Crippen LogP contribution in [0.5, 0.6) is 11.5 Å². The molecule has 0 saturated heterocycles. The summed E-state index contributed by atoms with van der Waals surface area (Å²) in [6, 6.07) is 11.1. The van der Waals surface area contributed by atoms with Gasteiger partial charge in [-0.15, -0.1) is 0 Å². The van der Waals surface area contributed by atoms with Crippen molar-refractivity contribution in [3.8, 4) is 22.9 Å². The van der Waals surface area contributed by atoms with Crippen molar-refractivity contribution >= 4 is 16.9 Å². The molecule has 8 nitrogen and oxygen atoms in total. The fourth-order valence-corrected chi connectivity index (χ4v) is 3.08. The van der Waals surface area contributed by atoms with Crippen LogP contribution >= 0.6 is 0 Å². The van der Waals surface area contributed by atoms with E-state index >= 15 is 0 Å². The van der Waals surface area contributed by atoms with Gasteiger partial charge in [-0.25, -0.2) is 0 Å². The summed E-state index contributed by atoms with van der Waals surface area (Å²) in [7, 11) is 3.12. The van der Waals surface area contributed by atoms with Gasteiger partial charge < -0.3 is 23.2 Å². The van der Waals surface area contributed by atoms with Gasteiger partial charge in [0.2, 0.25) is 5.82 Å². The van der Waals surface area contributed by atoms with E-state index in [1.54, 1.807) is 38.7 Å². The third kappa shape index (κ3) is 3.98. The minimum absolute atomic E-state index is 0.0867. The zero-order valence-corrected chi connectivity index (χ0v) is 16.8. The van der Waals surface area contributed by atoms with Crippen molar-refractivity contribution in [1.82, 2.24) is 10.1 Å². The van der Waals surface area contributed by atoms with Crippen LogP contribution in [0.1, 0.15) is 17.0 Å². The minimum Gasteiger partial charge on any atom is -0.497 e. The lowest BCUT2D eigenvalue weighted by Crippen LogP contribution is -2.07. The Morgan fingerprint density at radius 3 is 2.77 bits per heavy atom. The molecule has 0 aliphatic rings. The largest absolute Gasteiger partial charge is 0.497 e. The lowest BCUT2D eigenvalue weighted by Gasteiger charge is -2.07. The molecule has 0 spiro atoms. The highest BCUT2D eigenvalue weighted by Gasteiger charge is 2.16. The number of esters is 1. The Morgan fingerprint density at radius 2 is 1.97 bits per heavy atom. The van der Waals surface area contributed by atoms with Gasteiger partial charge in [0.25, 0.3) is 5.89 Å². The normalized spacial score (nSPS) is 10.9. The summed E-state index contributed by atoms with van der Waals surface area (Å²) in [5, 5.41) is 4.83. The zero-order chi connectivity index (χ0) is 21.1. The maximum atomic E-state index is 12.3. The number of hydrogen-bond donors (Lipinski definition) is 0. The predicted octanol–water partition coefficient (Wildman–Crippen LogP) is 4.09. The van der Waals surface area contributed by atoms with E-state index in [-0.39, 0.29) is 18.9 Å². The summed E-state index contributed by atoms with van der Waals surface area (Å²) >= 11 is 0. The van der Waals surface area contributed by atoms with E-state index in [9.17, 15) is 4.79 Å². The fourth-order valence-electron chi connectivity index (χ4n) is 3.08. The van der Waals surface area contributed by atoms with E-state index in [4.69, 9.17) is 23.2 Å². The average Bonchev–Trinajstić information content (AvgIpc) is 3.38. The number of nitrogens with zero attached hydrogens (tertiary/aromatic N) is 2. The predicted molar refractivity (Wildman–Crippen MR) is 107 cm³/mol. The summed E-state index contributed by atoms with van der Waals surface area (Å²) in [5.41, 5.74) is 3.24. The molecule has 0 fully saturated rings. The van der Waals surface area contributed by atoms with Gasteiger partial charge in [0.05, 0.1) is 32.5 Å². The lowest BCUT2D eigenvalue weighted by molar-refractivity contribution is -0.144. The molecule has 2 aromatic carbocycles. The average molecular weight is 408 g/mol. The Kier molecular flexibility index (Phi) is 5.38. The number of methoxy groups -OCH3 is 2. The van der Waals surface area contributed by atoms with Gasteiger partial charge in [-0.3, -0.25) is 4.79 Å². The summed E-state index contributed by atoms with van der Waals surface area (Å²) in [5.74, 6) is 1.29. The molecule has 0 aliphatic heterocycles. The SMILES string of the molecule is COc1ccc(-c2noc(COC(=O)Cc3coc4cc(C)ccc34)n2)c(OC)c1. The molecule has 0 atom stereocenters. The molecule has 2 aromatic heterocycles. The smallest absolute Gasteiger partial charge is 0.310 e. The molecule has 8 heteroatoms. The van der Waals surface area contributed by atoms with E-state index in [1.807, 2.05) is 25.1 Å². The van der Waals surface area contributed by atoms with Crippen molar-refractivity contribution < 1.29 is 27.9 Å². The maximum absolute atomic E-state index is 12.3. The molecular weight excluding hydrogens is 388 g/mol. The van der Waals surface area contributed by atoms with Crippen molar-refractivity contribution in [2.45, 2.75) is 20.0 Å². The summed E-state index contributed by atoms with van der Waals surface area (Å²) in [6.45, 7) is 1.86. The standard InChI is InChI=1S/C22H20N2O6/c1-13-4-6-16-14(11-28-19(16)8-13)9-21(25)29-12-20-23-22(24-30-20)17-7-5-15(26-2)10-18(17)27-3/h4-8,10-11H,9,12H2,1-3H3. The second-order valence-electron chi connectivity index (χ2n) is 6.68. The van der Waals surface area contributed by atoms with Gasteiger partial charge in [-0.1, -0.05) is 17.3 Å². The first kappa shape index (κ1) is 19.5. The number of furan rings is 1. The van der Waals surface area contributed by atoms with Crippen LogP contribution in [0.4, 0.5) is 0 Å². The third-order valence-corrected chi connectivity index (χ3v) is 4.62. The molecule has 0 radical (unpaired) electrons. The lowest BCUT2D eigenvalue weighted by atomic mass is 10.1. The highest BCUT2D eigenvalue weighted by atomic mass is 16.6. The topological polar surface area (TPSA) is 96.8 Å². The summed E-state index contributed by atoms with van der Waals surface area (Å²) in [4.78, 5) is 16.5. The number of fused-ring (bicyclic) bond motifs is 1. The first-order valence-corrected chi connectivity index (χ1v) is 9.24. The number of carbonyl (C=O) groups excluding carboxylic acids is 1. The number of aromatic nitrogens is 2. The van der Waals surface area contributed by atoms with Crippen molar-refractivity contribution in [3.63, 3.8) is 0 Å². The molecule has 30 heavy (non-hydrogen) atoms. The van der Waals surface area contributed by atoms with Gasteiger partial charge in [-0.2, -0.15) is 4.98 Å². The maximum Gasteiger partial charge on any atom is 0.310 e. The van der Waals surface area contributed by atoms with Crippen molar-refractivity contribution in [2.24, 2.45) is 0 Å². The Morgan fingerprint density at radius 1 is 1.10 bits per heavy atom. The zero-order valence-electron chi connectivity index (χ0n) is 16.8. The summed E-state index contributed by atoms with van der Waals surface area (Å²) < 4.78 is 26.5. The van der Waals surface area contributed by atoms with Gasteiger partial charge in [0.1, 0.15) is 17.1 Å². The van der Waals surface area contributed by atoms with Crippen LogP contribution in [0.3, 0.4) is 0 Å². The van der Waals surface area contributed by atoms with E-state index in [0.29, 0.717) is 22.9 Å². The number of aryl methyl sites for hydroxylation is 1. The molecule has 4 rings (SSSR count). The number of carbonyl (C=O) groups is 1. The van der Waals surface area contributed by atoms with Crippen LogP contribution in [0.2, 0.25) is 0 Å². The highest BCUT2D eigenvalue weighted by Crippen LogP contribution is 2.31. The molecule has 0 bridgehead atoms. The third-order valence-electron chi connectivity index (χ3n) is 4.62. The molecule has 2 heterocycles. The van der Waals surface area contributed by atoms with Crippen LogP contribution in [-0.4, -0.2) is 30.3 Å². The van der Waals surface area contributed by atoms with Crippen LogP contribution < -0.4 is 9.47 Å². The first-order valence-electron chi connectivity index (χ1n) is 9.24. The Balaban J connectivity index is 1.41. The molecule has 4 aromatic rings. The summed E-state index contributed by atoms with van der Waals surface area (Å²) in [6.07, 6.45) is 1.66. The molecule has 0 aliphatic carbocycles. The quantitative estimate of drug-likeness (QED) is 0.422. The molecule has 0 amide bonds. The molecule has 154 valence electrons. The molecule has 0 saturated carbocycles. The van der Waals surface area contributed by atoms with Crippen molar-refractivity contribution in [1.29, 1.82) is 0 Å². The highest BCUT2D eigenvalue weighted by molar-refractivity contribution is 5.86. The minimum atomic E-state index is -0.417.